The number of carbonyl (C=O) groups is 4. The molecule has 2 aromatic rings. The van der Waals surface area contributed by atoms with Crippen LogP contribution < -0.4 is 16.0 Å². The highest BCUT2D eigenvalue weighted by molar-refractivity contribution is 6.36. The van der Waals surface area contributed by atoms with Gasteiger partial charge < -0.3 is 20.5 Å². The number of likely N-dealkylation sites (N-methyl/N-ethyl adjacent to an activating group) is 1. The van der Waals surface area contributed by atoms with Crippen LogP contribution in [-0.4, -0.2) is 70.2 Å². The number of ketones is 1. The van der Waals surface area contributed by atoms with Crippen LogP contribution in [0.4, 0.5) is 0 Å². The molecule has 182 valence electrons. The molecule has 34 heavy (non-hydrogen) atoms. The fraction of sp³-hybridized carbons (Fsp3) is 0.458. The molecule has 1 atom stereocenters. The van der Waals surface area contributed by atoms with Gasteiger partial charge in [-0.05, 0) is 24.8 Å². The van der Waals surface area contributed by atoms with Gasteiger partial charge >= 0.3 is 0 Å². The van der Waals surface area contributed by atoms with Gasteiger partial charge in [-0.3, -0.25) is 24.1 Å². The van der Waals surface area contributed by atoms with E-state index >= 15 is 0 Å². The normalized spacial score (nSPS) is 15.4. The summed E-state index contributed by atoms with van der Waals surface area (Å²) in [7, 11) is 3.05. The molecule has 0 saturated carbocycles. The number of aromatic nitrogens is 2. The first-order chi connectivity index (χ1) is 16.4. The van der Waals surface area contributed by atoms with Crippen molar-refractivity contribution in [3.63, 3.8) is 0 Å². The quantitative estimate of drug-likeness (QED) is 0.434. The molecule has 0 spiro atoms. The molecular formula is C24H32N6O4. The van der Waals surface area contributed by atoms with Crippen LogP contribution in [0, 0.1) is 0 Å². The van der Waals surface area contributed by atoms with E-state index in [1.165, 1.54) is 25.1 Å². The minimum absolute atomic E-state index is 0.0224. The van der Waals surface area contributed by atoms with Crippen molar-refractivity contribution in [1.82, 2.24) is 30.4 Å². The zero-order chi connectivity index (χ0) is 24.5. The first kappa shape index (κ1) is 25.1. The minimum Gasteiger partial charge on any atom is -0.353 e. The van der Waals surface area contributed by atoms with E-state index in [0.29, 0.717) is 5.69 Å². The van der Waals surface area contributed by atoms with E-state index < -0.39 is 23.6 Å². The summed E-state index contributed by atoms with van der Waals surface area (Å²) < 4.78 is 1.54. The number of imidazole rings is 1. The number of aryl methyl sites for hydroxylation is 1. The average Bonchev–Trinajstić information content (AvgIpc) is 3.28. The Hall–Kier alpha value is -3.53. The van der Waals surface area contributed by atoms with Crippen molar-refractivity contribution in [2.45, 2.75) is 44.3 Å². The molecule has 0 bridgehead atoms. The molecule has 10 nitrogen and oxygen atoms in total. The van der Waals surface area contributed by atoms with Gasteiger partial charge in [0, 0.05) is 46.2 Å². The summed E-state index contributed by atoms with van der Waals surface area (Å²) in [4.78, 5) is 55.5. The first-order valence-electron chi connectivity index (χ1n) is 11.5. The summed E-state index contributed by atoms with van der Waals surface area (Å²) in [5.41, 5.74) is 1.55. The molecule has 0 aliphatic carbocycles. The molecule has 1 fully saturated rings. The lowest BCUT2D eigenvalue weighted by Gasteiger charge is -2.33. The van der Waals surface area contributed by atoms with Gasteiger partial charge in [-0.1, -0.05) is 30.3 Å². The van der Waals surface area contributed by atoms with E-state index in [-0.39, 0.29) is 24.8 Å². The summed E-state index contributed by atoms with van der Waals surface area (Å²) >= 11 is 0. The summed E-state index contributed by atoms with van der Waals surface area (Å²) in [6.07, 6.45) is 4.34. The number of hydrogen-bond donors (Lipinski definition) is 3. The molecule has 10 heteroatoms. The molecule has 3 amide bonds. The fourth-order valence-electron chi connectivity index (χ4n) is 3.98. The fourth-order valence-corrected chi connectivity index (χ4v) is 3.98. The van der Waals surface area contributed by atoms with Crippen LogP contribution in [0.3, 0.4) is 0 Å². The number of piperidine rings is 1. The van der Waals surface area contributed by atoms with Crippen LogP contribution >= 0.6 is 0 Å². The molecule has 1 aromatic heterocycles. The summed E-state index contributed by atoms with van der Waals surface area (Å²) in [5.74, 6) is -2.18. The number of Topliss-reactive ketones (excluding diaryl/α,β-unsaturated/α-hetero) is 1. The average molecular weight is 469 g/mol. The smallest absolute Gasteiger partial charge is 0.287 e. The van der Waals surface area contributed by atoms with Crippen molar-refractivity contribution in [3.05, 3.63) is 54.1 Å². The van der Waals surface area contributed by atoms with Gasteiger partial charge in [-0.2, -0.15) is 0 Å². The van der Waals surface area contributed by atoms with Crippen molar-refractivity contribution in [3.8, 4) is 0 Å². The molecule has 1 aliphatic rings. The van der Waals surface area contributed by atoms with E-state index in [0.717, 1.165) is 32.5 Å². The van der Waals surface area contributed by atoms with Gasteiger partial charge in [-0.15, -0.1) is 0 Å². The van der Waals surface area contributed by atoms with Crippen molar-refractivity contribution in [2.24, 2.45) is 7.05 Å². The molecule has 1 aromatic carbocycles. The number of hydrogen-bond acceptors (Lipinski definition) is 6. The third-order valence-corrected chi connectivity index (χ3v) is 5.99. The number of likely N-dealkylation sites (tertiary alicyclic amines) is 1. The van der Waals surface area contributed by atoms with Gasteiger partial charge in [0.15, 0.2) is 0 Å². The Morgan fingerprint density at radius 2 is 1.82 bits per heavy atom. The number of rotatable bonds is 10. The largest absolute Gasteiger partial charge is 0.353 e. The van der Waals surface area contributed by atoms with Crippen molar-refractivity contribution in [1.29, 1.82) is 0 Å². The zero-order valence-corrected chi connectivity index (χ0v) is 19.6. The predicted molar refractivity (Wildman–Crippen MR) is 126 cm³/mol. The third kappa shape index (κ3) is 6.98. The van der Waals surface area contributed by atoms with Crippen molar-refractivity contribution in [2.75, 3.05) is 20.1 Å². The topological polar surface area (TPSA) is 125 Å². The summed E-state index contributed by atoms with van der Waals surface area (Å²) in [5, 5.41) is 8.00. The van der Waals surface area contributed by atoms with E-state index in [1.807, 2.05) is 18.2 Å². The Morgan fingerprint density at radius 1 is 1.12 bits per heavy atom. The van der Waals surface area contributed by atoms with Gasteiger partial charge in [-0.25, -0.2) is 4.98 Å². The second-order valence-electron chi connectivity index (χ2n) is 8.50. The number of amides is 3. The first-order valence-corrected chi connectivity index (χ1v) is 11.5. The molecule has 1 aliphatic heterocycles. The van der Waals surface area contributed by atoms with Crippen LogP contribution in [0.15, 0.2) is 42.9 Å². The second-order valence-corrected chi connectivity index (χ2v) is 8.50. The number of nitrogens with zero attached hydrogens (tertiary/aromatic N) is 3. The summed E-state index contributed by atoms with van der Waals surface area (Å²) in [6.45, 7) is 2.56. The molecule has 0 radical (unpaired) electrons. The van der Waals surface area contributed by atoms with Crippen molar-refractivity contribution < 1.29 is 19.2 Å². The van der Waals surface area contributed by atoms with Crippen LogP contribution in [0.1, 0.15) is 41.7 Å². The maximum Gasteiger partial charge on any atom is 0.287 e. The Morgan fingerprint density at radius 3 is 2.44 bits per heavy atom. The van der Waals surface area contributed by atoms with Crippen molar-refractivity contribution >= 4 is 23.5 Å². The third-order valence-electron chi connectivity index (χ3n) is 5.99. The lowest BCUT2D eigenvalue weighted by Crippen LogP contribution is -2.52. The lowest BCUT2D eigenvalue weighted by atomic mass is 10.0. The Bertz CT molecular complexity index is 998. The second kappa shape index (κ2) is 12.1. The standard InChI is InChI=1S/C24H32N6O4/c1-25-24(34)21(31)9-8-19(28-23(33)20-14-26-16-29(20)2)22(32)27-18-10-12-30(13-11-18)15-17-6-4-3-5-7-17/h3-7,14,16,18-19H,8-13,15H2,1-2H3,(H,25,34)(H,27,32)(H,28,33). The van der Waals surface area contributed by atoms with Gasteiger partial charge in [0.25, 0.3) is 11.8 Å². The highest BCUT2D eigenvalue weighted by atomic mass is 16.2. The Labute approximate surface area is 199 Å². The molecule has 1 unspecified atom stereocenters. The molecule has 2 heterocycles. The maximum absolute atomic E-state index is 13.1. The summed E-state index contributed by atoms with van der Waals surface area (Å²) in [6, 6.07) is 9.28. The highest BCUT2D eigenvalue weighted by Gasteiger charge is 2.28. The lowest BCUT2D eigenvalue weighted by molar-refractivity contribution is -0.137. The van der Waals surface area contributed by atoms with E-state index in [9.17, 15) is 19.2 Å². The number of nitrogens with one attached hydrogen (secondary N) is 3. The molecule has 1 saturated heterocycles. The molecular weight excluding hydrogens is 436 g/mol. The minimum atomic E-state index is -0.946. The van der Waals surface area contributed by atoms with Gasteiger partial charge in [0.2, 0.25) is 11.7 Å². The maximum atomic E-state index is 13.1. The Balaban J connectivity index is 1.56. The van der Waals surface area contributed by atoms with Gasteiger partial charge in [0.05, 0.1) is 12.5 Å². The van der Waals surface area contributed by atoms with Crippen LogP contribution in [0.25, 0.3) is 0 Å². The van der Waals surface area contributed by atoms with Crippen LogP contribution in [-0.2, 0) is 28.0 Å². The van der Waals surface area contributed by atoms with Crippen LogP contribution in [0.5, 0.6) is 0 Å². The highest BCUT2D eigenvalue weighted by Crippen LogP contribution is 2.14. The SMILES string of the molecule is CNC(=O)C(=O)CCC(NC(=O)c1cncn1C)C(=O)NC1CCN(Cc2ccccc2)CC1. The molecule has 3 rings (SSSR count). The zero-order valence-electron chi connectivity index (χ0n) is 19.6. The monoisotopic (exact) mass is 468 g/mol. The Kier molecular flexibility index (Phi) is 8.92. The molecule has 3 N–H and O–H groups in total. The van der Waals surface area contributed by atoms with E-state index in [4.69, 9.17) is 0 Å². The predicted octanol–water partition coefficient (Wildman–Crippen LogP) is 0.395. The van der Waals surface area contributed by atoms with E-state index in [2.05, 4.69) is 38.0 Å². The number of benzene rings is 1. The van der Waals surface area contributed by atoms with Crippen LogP contribution in [0.2, 0.25) is 0 Å². The van der Waals surface area contributed by atoms with Gasteiger partial charge in [0.1, 0.15) is 11.7 Å². The number of carbonyl (C=O) groups excluding carboxylic acids is 4. The van der Waals surface area contributed by atoms with E-state index in [1.54, 1.807) is 11.6 Å².